The van der Waals surface area contributed by atoms with Crippen molar-refractivity contribution in [2.75, 3.05) is 22.4 Å². The van der Waals surface area contributed by atoms with E-state index in [4.69, 9.17) is 16.3 Å². The highest BCUT2D eigenvalue weighted by Crippen LogP contribution is 2.26. The molecule has 7 nitrogen and oxygen atoms in total. The molecule has 176 valence electrons. The average molecular weight is 516 g/mol. The minimum absolute atomic E-state index is 0.0629. The third-order valence-electron chi connectivity index (χ3n) is 4.89. The first-order valence-corrected chi connectivity index (χ1v) is 13.4. The van der Waals surface area contributed by atoms with Crippen LogP contribution in [0.1, 0.15) is 5.56 Å². The van der Waals surface area contributed by atoms with E-state index in [0.717, 1.165) is 27.1 Å². The molecule has 0 radical (unpaired) electrons. The van der Waals surface area contributed by atoms with Crippen LogP contribution in [-0.2, 0) is 14.8 Å². The normalized spacial score (nSPS) is 13.9. The molecule has 0 saturated carbocycles. The van der Waals surface area contributed by atoms with Crippen LogP contribution >= 0.6 is 23.4 Å². The Hall–Kier alpha value is -3.01. The van der Waals surface area contributed by atoms with Crippen molar-refractivity contribution in [3.05, 3.63) is 89.4 Å². The first-order chi connectivity index (χ1) is 16.4. The molecule has 1 aliphatic rings. The summed E-state index contributed by atoms with van der Waals surface area (Å²) >= 11 is 7.91. The Kier molecular flexibility index (Phi) is 7.77. The van der Waals surface area contributed by atoms with Crippen molar-refractivity contribution in [2.45, 2.75) is 11.0 Å². The van der Waals surface area contributed by atoms with Crippen molar-refractivity contribution in [1.29, 1.82) is 0 Å². The molecule has 1 N–H and O–H groups in total. The summed E-state index contributed by atoms with van der Waals surface area (Å²) < 4.78 is 33.4. The van der Waals surface area contributed by atoms with E-state index in [1.54, 1.807) is 36.4 Å². The number of anilines is 1. The van der Waals surface area contributed by atoms with Crippen LogP contribution in [0.25, 0.3) is 0 Å². The number of carbonyl (C=O) groups excluding carboxylic acids is 1. The predicted molar refractivity (Wildman–Crippen MR) is 136 cm³/mol. The van der Waals surface area contributed by atoms with Crippen LogP contribution in [0, 0.1) is 0 Å². The summed E-state index contributed by atoms with van der Waals surface area (Å²) in [5, 5.41) is 4.34. The van der Waals surface area contributed by atoms with Crippen molar-refractivity contribution in [2.24, 2.45) is 5.10 Å². The van der Waals surface area contributed by atoms with Gasteiger partial charge in [0.1, 0.15) is 18.4 Å². The second kappa shape index (κ2) is 10.9. The molecule has 0 bridgehead atoms. The van der Waals surface area contributed by atoms with E-state index in [-0.39, 0.29) is 16.7 Å². The molecular formula is C24H22ClN3O4S2. The summed E-state index contributed by atoms with van der Waals surface area (Å²) in [5.74, 6) is 2.09. The lowest BCUT2D eigenvalue weighted by molar-refractivity contribution is -0.119. The Labute approximate surface area is 207 Å². The van der Waals surface area contributed by atoms with E-state index in [9.17, 15) is 13.2 Å². The first kappa shape index (κ1) is 24.1. The minimum Gasteiger partial charge on any atom is -0.489 e. The van der Waals surface area contributed by atoms with Gasteiger partial charge >= 0.3 is 0 Å². The molecule has 1 amide bonds. The van der Waals surface area contributed by atoms with Crippen molar-refractivity contribution in [3.63, 3.8) is 0 Å². The van der Waals surface area contributed by atoms with Crippen LogP contribution in [0.4, 0.5) is 5.69 Å². The van der Waals surface area contributed by atoms with Crippen molar-refractivity contribution in [3.8, 4) is 5.75 Å². The van der Waals surface area contributed by atoms with Gasteiger partial charge in [-0.25, -0.2) is 13.8 Å². The summed E-state index contributed by atoms with van der Waals surface area (Å²) in [5.41, 5.74) is 3.42. The molecule has 34 heavy (non-hydrogen) atoms. The number of halogens is 1. The number of thioether (sulfide) groups is 1. The molecule has 4 rings (SSSR count). The Morgan fingerprint density at radius 3 is 2.56 bits per heavy atom. The molecule has 1 heterocycles. The van der Waals surface area contributed by atoms with Gasteiger partial charge in [0.25, 0.3) is 15.9 Å². The molecule has 3 aromatic carbocycles. The Morgan fingerprint density at radius 2 is 1.85 bits per heavy atom. The fraction of sp³-hybridized carbons (Fsp3) is 0.167. The van der Waals surface area contributed by atoms with Crippen LogP contribution in [0.5, 0.6) is 5.75 Å². The molecular weight excluding hydrogens is 494 g/mol. The largest absolute Gasteiger partial charge is 0.489 e. The highest BCUT2D eigenvalue weighted by atomic mass is 35.5. The monoisotopic (exact) mass is 515 g/mol. The Morgan fingerprint density at radius 1 is 1.09 bits per heavy atom. The molecule has 1 fully saturated rings. The van der Waals surface area contributed by atoms with E-state index in [0.29, 0.717) is 5.02 Å². The molecule has 0 aliphatic carbocycles. The van der Waals surface area contributed by atoms with Gasteiger partial charge in [-0.1, -0.05) is 48.0 Å². The fourth-order valence-electron chi connectivity index (χ4n) is 3.15. The van der Waals surface area contributed by atoms with Gasteiger partial charge in [0, 0.05) is 16.5 Å². The highest BCUT2D eigenvalue weighted by molar-refractivity contribution is 8.00. The zero-order valence-electron chi connectivity index (χ0n) is 18.0. The molecule has 1 aliphatic heterocycles. The SMILES string of the molecule is O=C(CN(c1cccc(Cl)c1)S(=O)(=O)c1ccccc1)N/N=C\c1cccc(OC2CSC2)c1. The predicted octanol–water partition coefficient (Wildman–Crippen LogP) is 4.18. The van der Waals surface area contributed by atoms with E-state index in [2.05, 4.69) is 10.5 Å². The Balaban J connectivity index is 1.47. The lowest BCUT2D eigenvalue weighted by Crippen LogP contribution is -2.39. The van der Waals surface area contributed by atoms with Gasteiger partial charge in [0.2, 0.25) is 0 Å². The maximum absolute atomic E-state index is 13.3. The third kappa shape index (κ3) is 6.11. The van der Waals surface area contributed by atoms with E-state index < -0.39 is 22.5 Å². The van der Waals surface area contributed by atoms with Crippen LogP contribution < -0.4 is 14.5 Å². The van der Waals surface area contributed by atoms with E-state index in [1.165, 1.54) is 24.4 Å². The minimum atomic E-state index is -4.01. The van der Waals surface area contributed by atoms with Crippen LogP contribution in [0.15, 0.2) is 88.9 Å². The number of amides is 1. The number of carbonyl (C=O) groups is 1. The van der Waals surface area contributed by atoms with Crippen molar-refractivity contribution >= 4 is 51.2 Å². The van der Waals surface area contributed by atoms with Crippen molar-refractivity contribution in [1.82, 2.24) is 5.43 Å². The van der Waals surface area contributed by atoms with Crippen LogP contribution in [0.3, 0.4) is 0 Å². The fourth-order valence-corrected chi connectivity index (χ4v) is 5.34. The second-order valence-electron chi connectivity index (χ2n) is 7.45. The average Bonchev–Trinajstić information content (AvgIpc) is 2.81. The number of nitrogens with one attached hydrogen (secondary N) is 1. The van der Waals surface area contributed by atoms with Gasteiger partial charge in [0.15, 0.2) is 0 Å². The highest BCUT2D eigenvalue weighted by Gasteiger charge is 2.27. The van der Waals surface area contributed by atoms with E-state index in [1.807, 2.05) is 36.0 Å². The summed E-state index contributed by atoms with van der Waals surface area (Å²) in [6.45, 7) is -0.475. The maximum atomic E-state index is 13.3. The second-order valence-corrected chi connectivity index (χ2v) is 10.8. The van der Waals surface area contributed by atoms with Crippen molar-refractivity contribution < 1.29 is 17.9 Å². The van der Waals surface area contributed by atoms with Gasteiger partial charge < -0.3 is 4.74 Å². The summed E-state index contributed by atoms with van der Waals surface area (Å²) in [4.78, 5) is 12.7. The Bertz CT molecular complexity index is 1280. The molecule has 0 aromatic heterocycles. The number of hydrogen-bond donors (Lipinski definition) is 1. The number of hydrazone groups is 1. The molecule has 10 heteroatoms. The quantitative estimate of drug-likeness (QED) is 0.341. The topological polar surface area (TPSA) is 88.1 Å². The summed E-state index contributed by atoms with van der Waals surface area (Å²) in [6.07, 6.45) is 1.70. The lowest BCUT2D eigenvalue weighted by atomic mass is 10.2. The number of hydrogen-bond acceptors (Lipinski definition) is 6. The van der Waals surface area contributed by atoms with Gasteiger partial charge in [-0.15, -0.1) is 0 Å². The number of ether oxygens (including phenoxy) is 1. The van der Waals surface area contributed by atoms with Crippen LogP contribution in [0.2, 0.25) is 5.02 Å². The maximum Gasteiger partial charge on any atom is 0.264 e. The number of benzene rings is 3. The van der Waals surface area contributed by atoms with Crippen LogP contribution in [-0.4, -0.2) is 44.7 Å². The molecule has 0 spiro atoms. The third-order valence-corrected chi connectivity index (χ3v) is 8.12. The summed E-state index contributed by atoms with van der Waals surface area (Å²) in [7, 11) is -4.01. The number of sulfonamides is 1. The van der Waals surface area contributed by atoms with Gasteiger partial charge in [-0.05, 0) is 48.0 Å². The molecule has 3 aromatic rings. The lowest BCUT2D eigenvalue weighted by Gasteiger charge is -2.25. The van der Waals surface area contributed by atoms with E-state index >= 15 is 0 Å². The van der Waals surface area contributed by atoms with Gasteiger partial charge in [0.05, 0.1) is 16.8 Å². The standard InChI is InChI=1S/C24H22ClN3O4S2/c25-19-7-5-8-20(13-19)28(34(30,31)23-10-2-1-3-11-23)15-24(29)27-26-14-18-6-4-9-21(12-18)32-22-16-33-17-22/h1-14,22H,15-17H2,(H,27,29)/b26-14-. The molecule has 0 unspecified atom stereocenters. The van der Waals surface area contributed by atoms with Gasteiger partial charge in [-0.2, -0.15) is 16.9 Å². The zero-order valence-corrected chi connectivity index (χ0v) is 20.4. The smallest absolute Gasteiger partial charge is 0.264 e. The molecule has 0 atom stereocenters. The zero-order chi connectivity index (χ0) is 24.0. The molecule has 1 saturated heterocycles. The first-order valence-electron chi connectivity index (χ1n) is 10.4. The number of rotatable bonds is 9. The summed E-state index contributed by atoms with van der Waals surface area (Å²) in [6, 6.07) is 21.6. The van der Waals surface area contributed by atoms with Gasteiger partial charge in [-0.3, -0.25) is 9.10 Å². The number of nitrogens with zero attached hydrogens (tertiary/aromatic N) is 2.